The molecule has 0 aromatic heterocycles. The smallest absolute Gasteiger partial charge is 0.285 e. The normalized spacial score (nSPS) is 9.85. The minimum Gasteiger partial charge on any atom is -0.285 e. The monoisotopic (exact) mass is 331 g/mol. The molecule has 0 spiro atoms. The predicted octanol–water partition coefficient (Wildman–Crippen LogP) is 2.59. The maximum atomic E-state index is 11.8. The molecule has 0 fully saturated rings. The first-order valence-electron chi connectivity index (χ1n) is 5.78. The highest BCUT2D eigenvalue weighted by molar-refractivity contribution is 9.10. The molecule has 4 nitrogen and oxygen atoms in total. The van der Waals surface area contributed by atoms with Gasteiger partial charge in [-0.2, -0.15) is 0 Å². The van der Waals surface area contributed by atoms with Gasteiger partial charge in [-0.15, -0.1) is 0 Å². The Hall–Kier alpha value is -2.27. The average molecular weight is 332 g/mol. The van der Waals surface area contributed by atoms with Gasteiger partial charge in [0, 0.05) is 15.6 Å². The van der Waals surface area contributed by atoms with Gasteiger partial charge in [-0.05, 0) is 36.4 Å². The van der Waals surface area contributed by atoms with Gasteiger partial charge in [0.2, 0.25) is 0 Å². The van der Waals surface area contributed by atoms with Gasteiger partial charge in [-0.1, -0.05) is 34.1 Å². The van der Waals surface area contributed by atoms with E-state index in [2.05, 4.69) is 21.2 Å². The molecular weight excluding hydrogens is 322 g/mol. The van der Waals surface area contributed by atoms with Crippen molar-refractivity contribution < 1.29 is 14.4 Å². The van der Waals surface area contributed by atoms with Crippen LogP contribution in [0.5, 0.6) is 0 Å². The molecule has 0 saturated carbocycles. The summed E-state index contributed by atoms with van der Waals surface area (Å²) in [6.07, 6.45) is 0. The number of nitrogens with one attached hydrogen (secondary N) is 1. The Balaban J connectivity index is 2.07. The molecule has 2 amide bonds. The Morgan fingerprint density at radius 2 is 1.40 bits per heavy atom. The van der Waals surface area contributed by atoms with E-state index in [4.69, 9.17) is 0 Å². The molecule has 1 N–H and O–H groups in total. The Labute approximate surface area is 123 Å². The Morgan fingerprint density at radius 3 is 2.00 bits per heavy atom. The van der Waals surface area contributed by atoms with E-state index in [-0.39, 0.29) is 5.56 Å². The maximum Gasteiger partial charge on any atom is 0.299 e. The van der Waals surface area contributed by atoms with Gasteiger partial charge >= 0.3 is 0 Å². The van der Waals surface area contributed by atoms with Crippen LogP contribution in [0, 0.1) is 0 Å². The number of amides is 2. The van der Waals surface area contributed by atoms with E-state index < -0.39 is 17.6 Å². The third-order valence-corrected chi connectivity index (χ3v) is 3.10. The third kappa shape index (κ3) is 3.39. The molecule has 2 aromatic carbocycles. The number of imide groups is 1. The van der Waals surface area contributed by atoms with E-state index in [1.807, 2.05) is 0 Å². The lowest BCUT2D eigenvalue weighted by Gasteiger charge is -2.03. The molecule has 0 aliphatic rings. The van der Waals surface area contributed by atoms with E-state index in [1.165, 1.54) is 12.1 Å². The van der Waals surface area contributed by atoms with Crippen molar-refractivity contribution in [2.24, 2.45) is 0 Å². The molecule has 0 bridgehead atoms. The molecule has 0 unspecified atom stereocenters. The van der Waals surface area contributed by atoms with Crippen LogP contribution in [0.15, 0.2) is 59.1 Å². The molecule has 0 saturated heterocycles. The largest absolute Gasteiger partial charge is 0.299 e. The molecule has 0 radical (unpaired) electrons. The summed E-state index contributed by atoms with van der Waals surface area (Å²) in [6, 6.07) is 14.6. The minimum absolute atomic E-state index is 0.228. The first-order valence-corrected chi connectivity index (χ1v) is 6.58. The van der Waals surface area contributed by atoms with Crippen molar-refractivity contribution in [2.45, 2.75) is 0 Å². The number of carbonyl (C=O) groups excluding carboxylic acids is 3. The van der Waals surface area contributed by atoms with Gasteiger partial charge in [-0.3, -0.25) is 19.7 Å². The zero-order valence-electron chi connectivity index (χ0n) is 10.3. The van der Waals surface area contributed by atoms with Crippen LogP contribution in [-0.2, 0) is 4.79 Å². The van der Waals surface area contributed by atoms with Crippen LogP contribution in [0.1, 0.15) is 20.7 Å². The number of hydrogen-bond acceptors (Lipinski definition) is 3. The SMILES string of the molecule is O=C(NC(=O)c1ccccc1)C(=O)c1ccc(Br)cc1. The van der Waals surface area contributed by atoms with Crippen LogP contribution in [0.2, 0.25) is 0 Å². The van der Waals surface area contributed by atoms with Crippen LogP contribution in [0.25, 0.3) is 0 Å². The van der Waals surface area contributed by atoms with Gasteiger partial charge in [0.25, 0.3) is 17.6 Å². The molecular formula is C15H10BrNO3. The number of carbonyl (C=O) groups is 3. The number of benzene rings is 2. The Morgan fingerprint density at radius 1 is 0.800 bits per heavy atom. The predicted molar refractivity (Wildman–Crippen MR) is 77.4 cm³/mol. The van der Waals surface area contributed by atoms with Gasteiger partial charge < -0.3 is 0 Å². The lowest BCUT2D eigenvalue weighted by molar-refractivity contribution is -0.116. The lowest BCUT2D eigenvalue weighted by Crippen LogP contribution is -2.36. The van der Waals surface area contributed by atoms with Gasteiger partial charge in [0.05, 0.1) is 0 Å². The van der Waals surface area contributed by atoms with Crippen molar-refractivity contribution in [1.82, 2.24) is 5.32 Å². The quantitative estimate of drug-likeness (QED) is 0.694. The number of ketones is 1. The second-order valence-corrected chi connectivity index (χ2v) is 4.90. The van der Waals surface area contributed by atoms with E-state index in [1.54, 1.807) is 42.5 Å². The van der Waals surface area contributed by atoms with Crippen molar-refractivity contribution in [2.75, 3.05) is 0 Å². The van der Waals surface area contributed by atoms with Crippen molar-refractivity contribution in [3.63, 3.8) is 0 Å². The molecule has 2 rings (SSSR count). The molecule has 0 heterocycles. The number of rotatable bonds is 3. The van der Waals surface area contributed by atoms with E-state index in [0.29, 0.717) is 5.56 Å². The van der Waals surface area contributed by atoms with Crippen molar-refractivity contribution in [3.05, 3.63) is 70.2 Å². The summed E-state index contributed by atoms with van der Waals surface area (Å²) in [5.74, 6) is -2.29. The minimum atomic E-state index is -0.943. The summed E-state index contributed by atoms with van der Waals surface area (Å²) >= 11 is 3.24. The van der Waals surface area contributed by atoms with Crippen LogP contribution in [0.4, 0.5) is 0 Å². The zero-order chi connectivity index (χ0) is 14.5. The van der Waals surface area contributed by atoms with Crippen LogP contribution < -0.4 is 5.32 Å². The lowest BCUT2D eigenvalue weighted by atomic mass is 10.1. The standard InChI is InChI=1S/C15H10BrNO3/c16-12-8-6-10(7-9-12)13(18)15(20)17-14(19)11-4-2-1-3-5-11/h1-9H,(H,17,19,20). The number of hydrogen-bond donors (Lipinski definition) is 1. The highest BCUT2D eigenvalue weighted by atomic mass is 79.9. The maximum absolute atomic E-state index is 11.8. The van der Waals surface area contributed by atoms with Crippen LogP contribution >= 0.6 is 15.9 Å². The second kappa shape index (κ2) is 6.25. The van der Waals surface area contributed by atoms with E-state index in [9.17, 15) is 14.4 Å². The molecule has 0 aliphatic carbocycles. The summed E-state index contributed by atoms with van der Waals surface area (Å²) in [6.45, 7) is 0. The number of halogens is 1. The fraction of sp³-hybridized carbons (Fsp3) is 0. The van der Waals surface area contributed by atoms with Gasteiger partial charge in [-0.25, -0.2) is 0 Å². The summed E-state index contributed by atoms with van der Waals surface area (Å²) in [4.78, 5) is 35.3. The third-order valence-electron chi connectivity index (χ3n) is 2.58. The van der Waals surface area contributed by atoms with Crippen molar-refractivity contribution in [3.8, 4) is 0 Å². The zero-order valence-corrected chi connectivity index (χ0v) is 11.9. The molecule has 2 aromatic rings. The molecule has 0 atom stereocenters. The second-order valence-electron chi connectivity index (χ2n) is 3.99. The highest BCUT2D eigenvalue weighted by Gasteiger charge is 2.19. The fourth-order valence-corrected chi connectivity index (χ4v) is 1.82. The van der Waals surface area contributed by atoms with Crippen molar-refractivity contribution in [1.29, 1.82) is 0 Å². The Bertz CT molecular complexity index is 651. The fourth-order valence-electron chi connectivity index (χ4n) is 1.55. The van der Waals surface area contributed by atoms with Crippen molar-refractivity contribution >= 4 is 33.5 Å². The topological polar surface area (TPSA) is 63.2 Å². The molecule has 20 heavy (non-hydrogen) atoms. The van der Waals surface area contributed by atoms with E-state index >= 15 is 0 Å². The van der Waals surface area contributed by atoms with Gasteiger partial charge in [0.1, 0.15) is 0 Å². The summed E-state index contributed by atoms with van der Waals surface area (Å²) in [5, 5.41) is 2.07. The van der Waals surface area contributed by atoms with Gasteiger partial charge in [0.15, 0.2) is 0 Å². The summed E-state index contributed by atoms with van der Waals surface area (Å²) < 4.78 is 0.801. The molecule has 0 aliphatic heterocycles. The Kier molecular flexibility index (Phi) is 4.42. The first kappa shape index (κ1) is 14.1. The highest BCUT2D eigenvalue weighted by Crippen LogP contribution is 2.11. The number of Topliss-reactive ketones (excluding diaryl/α,β-unsaturated/α-hetero) is 1. The first-order chi connectivity index (χ1) is 9.58. The van der Waals surface area contributed by atoms with Crippen LogP contribution in [-0.4, -0.2) is 17.6 Å². The summed E-state index contributed by atoms with van der Waals surface area (Å²) in [5.41, 5.74) is 0.552. The van der Waals surface area contributed by atoms with E-state index in [0.717, 1.165) is 4.47 Å². The average Bonchev–Trinajstić information content (AvgIpc) is 2.48. The van der Waals surface area contributed by atoms with Crippen LogP contribution in [0.3, 0.4) is 0 Å². The molecule has 100 valence electrons. The summed E-state index contributed by atoms with van der Waals surface area (Å²) in [7, 11) is 0. The molecule has 5 heteroatoms.